The Bertz CT molecular complexity index is 318. The predicted octanol–water partition coefficient (Wildman–Crippen LogP) is 2.94. The first-order chi connectivity index (χ1) is 5.65. The van der Waals surface area contributed by atoms with Crippen LogP contribution in [0.5, 0.6) is 5.75 Å². The minimum Gasteiger partial charge on any atom is -0.411 e. The molecule has 64 valence electrons. The Hall–Kier alpha value is -0.810. The highest BCUT2D eigenvalue weighted by Gasteiger charge is 2.14. The summed E-state index contributed by atoms with van der Waals surface area (Å²) < 4.78 is 4.57. The van der Waals surface area contributed by atoms with Crippen LogP contribution in [0.3, 0.4) is 0 Å². The van der Waals surface area contributed by atoms with Gasteiger partial charge in [-0.1, -0.05) is 11.6 Å². The summed E-state index contributed by atoms with van der Waals surface area (Å²) in [4.78, 5) is 9.80. The van der Waals surface area contributed by atoms with Gasteiger partial charge in [0.05, 0.1) is 4.92 Å². The molecule has 1 aromatic carbocycles. The Balaban J connectivity index is 3.20. The molecule has 6 heteroatoms. The summed E-state index contributed by atoms with van der Waals surface area (Å²) >= 11 is 8.22. The van der Waals surface area contributed by atoms with Gasteiger partial charge in [-0.3, -0.25) is 10.1 Å². The maximum atomic E-state index is 10.4. The van der Waals surface area contributed by atoms with E-state index in [9.17, 15) is 10.1 Å². The van der Waals surface area contributed by atoms with E-state index in [2.05, 4.69) is 20.1 Å². The number of nitro benzene ring substituents is 1. The second-order valence-corrected chi connectivity index (χ2v) is 2.71. The Morgan fingerprint density at radius 3 is 2.75 bits per heavy atom. The van der Waals surface area contributed by atoms with Gasteiger partial charge in [0.25, 0.3) is 0 Å². The van der Waals surface area contributed by atoms with Crippen LogP contribution in [0, 0.1) is 10.1 Å². The molecular formula is C6H3BrClNO3. The summed E-state index contributed by atoms with van der Waals surface area (Å²) in [5, 5.41) is 10.7. The van der Waals surface area contributed by atoms with Crippen LogP contribution in [-0.2, 0) is 0 Å². The monoisotopic (exact) mass is 251 g/mol. The van der Waals surface area contributed by atoms with Gasteiger partial charge in [-0.25, -0.2) is 0 Å². The van der Waals surface area contributed by atoms with E-state index < -0.39 is 4.92 Å². The van der Waals surface area contributed by atoms with Gasteiger partial charge in [-0.05, 0) is 6.07 Å². The first-order valence-electron chi connectivity index (χ1n) is 2.87. The second kappa shape index (κ2) is 3.73. The fourth-order valence-electron chi connectivity index (χ4n) is 0.701. The summed E-state index contributed by atoms with van der Waals surface area (Å²) in [7, 11) is 0. The summed E-state index contributed by atoms with van der Waals surface area (Å²) in [6.45, 7) is 0. The summed E-state index contributed by atoms with van der Waals surface area (Å²) in [5.74, 6) is 0.0903. The van der Waals surface area contributed by atoms with Crippen LogP contribution in [0.15, 0.2) is 18.2 Å². The van der Waals surface area contributed by atoms with Crippen molar-refractivity contribution in [1.82, 2.24) is 0 Å². The smallest absolute Gasteiger partial charge is 0.312 e. The first kappa shape index (κ1) is 9.28. The van der Waals surface area contributed by atoms with Crippen molar-refractivity contribution in [3.63, 3.8) is 0 Å². The highest BCUT2D eigenvalue weighted by Crippen LogP contribution is 2.30. The molecule has 0 aromatic heterocycles. The average molecular weight is 252 g/mol. The van der Waals surface area contributed by atoms with E-state index in [4.69, 9.17) is 11.6 Å². The summed E-state index contributed by atoms with van der Waals surface area (Å²) in [6, 6.07) is 4.06. The SMILES string of the molecule is O=[N+]([O-])c1ccc(Cl)cc1OBr. The molecule has 0 N–H and O–H groups in total. The average Bonchev–Trinajstić information content (AvgIpc) is 2.03. The third kappa shape index (κ3) is 1.86. The van der Waals surface area contributed by atoms with Gasteiger partial charge in [0, 0.05) is 17.2 Å². The number of benzene rings is 1. The minimum absolute atomic E-state index is 0.0903. The van der Waals surface area contributed by atoms with E-state index in [0.717, 1.165) is 0 Å². The van der Waals surface area contributed by atoms with Crippen LogP contribution in [0.2, 0.25) is 5.02 Å². The molecule has 0 heterocycles. The molecule has 12 heavy (non-hydrogen) atoms. The third-order valence-corrected chi connectivity index (χ3v) is 1.79. The van der Waals surface area contributed by atoms with Crippen LogP contribution < -0.4 is 3.83 Å². The number of halogens is 2. The third-order valence-electron chi connectivity index (χ3n) is 1.20. The van der Waals surface area contributed by atoms with E-state index in [-0.39, 0.29) is 11.4 Å². The van der Waals surface area contributed by atoms with Crippen molar-refractivity contribution < 1.29 is 8.75 Å². The van der Waals surface area contributed by atoms with E-state index in [1.807, 2.05) is 0 Å². The lowest BCUT2D eigenvalue weighted by Crippen LogP contribution is -1.90. The van der Waals surface area contributed by atoms with Crippen molar-refractivity contribution in [3.05, 3.63) is 33.3 Å². The molecule has 1 aromatic rings. The highest BCUT2D eigenvalue weighted by molar-refractivity contribution is 9.06. The van der Waals surface area contributed by atoms with Crippen molar-refractivity contribution in [2.45, 2.75) is 0 Å². The fourth-order valence-corrected chi connectivity index (χ4v) is 1.12. The molecular weight excluding hydrogens is 249 g/mol. The second-order valence-electron chi connectivity index (χ2n) is 1.95. The fraction of sp³-hybridized carbons (Fsp3) is 0. The van der Waals surface area contributed by atoms with Crippen molar-refractivity contribution in [3.8, 4) is 5.75 Å². The van der Waals surface area contributed by atoms with Crippen molar-refractivity contribution in [2.24, 2.45) is 0 Å². The van der Waals surface area contributed by atoms with Crippen molar-refractivity contribution in [1.29, 1.82) is 0 Å². The zero-order chi connectivity index (χ0) is 9.14. The predicted molar refractivity (Wildman–Crippen MR) is 47.7 cm³/mol. The Labute approximate surface area is 81.7 Å². The standard InChI is InChI=1S/C6H3BrClNO3/c7-12-6-3-4(8)1-2-5(6)9(10)11/h1-3H. The largest absolute Gasteiger partial charge is 0.411 e. The molecule has 0 saturated heterocycles. The topological polar surface area (TPSA) is 52.4 Å². The molecule has 0 fully saturated rings. The van der Waals surface area contributed by atoms with Crippen LogP contribution in [0.25, 0.3) is 0 Å². The van der Waals surface area contributed by atoms with Gasteiger partial charge in [-0.15, -0.1) is 0 Å². The molecule has 0 aliphatic carbocycles. The normalized spacial score (nSPS) is 9.50. The molecule has 1 rings (SSSR count). The molecule has 4 nitrogen and oxygen atoms in total. The molecule has 0 bridgehead atoms. The number of nitro groups is 1. The number of rotatable bonds is 2. The van der Waals surface area contributed by atoms with E-state index in [1.165, 1.54) is 18.2 Å². The highest BCUT2D eigenvalue weighted by atomic mass is 79.9. The van der Waals surface area contributed by atoms with Crippen LogP contribution in [0.1, 0.15) is 0 Å². The zero-order valence-corrected chi connectivity index (χ0v) is 8.00. The van der Waals surface area contributed by atoms with Crippen LogP contribution in [0.4, 0.5) is 5.69 Å². The molecule has 0 unspecified atom stereocenters. The lowest BCUT2D eigenvalue weighted by Gasteiger charge is -1.98. The van der Waals surface area contributed by atoms with E-state index in [0.29, 0.717) is 5.02 Å². The molecule has 0 amide bonds. The van der Waals surface area contributed by atoms with Crippen LogP contribution in [-0.4, -0.2) is 4.92 Å². The van der Waals surface area contributed by atoms with Crippen LogP contribution >= 0.6 is 27.9 Å². The molecule has 0 saturated carbocycles. The van der Waals surface area contributed by atoms with Gasteiger partial charge < -0.3 is 3.83 Å². The van der Waals surface area contributed by atoms with E-state index in [1.54, 1.807) is 0 Å². The molecule has 0 spiro atoms. The lowest BCUT2D eigenvalue weighted by atomic mass is 10.3. The van der Waals surface area contributed by atoms with E-state index >= 15 is 0 Å². The summed E-state index contributed by atoms with van der Waals surface area (Å²) in [5.41, 5.74) is -0.128. The maximum Gasteiger partial charge on any atom is 0.312 e. The minimum atomic E-state index is -0.549. The number of hydrogen-bond donors (Lipinski definition) is 0. The van der Waals surface area contributed by atoms with Gasteiger partial charge in [0.2, 0.25) is 5.75 Å². The molecule has 0 aliphatic rings. The van der Waals surface area contributed by atoms with Gasteiger partial charge in [-0.2, -0.15) is 0 Å². The molecule has 0 radical (unpaired) electrons. The van der Waals surface area contributed by atoms with Gasteiger partial charge in [0.1, 0.15) is 0 Å². The van der Waals surface area contributed by atoms with Crippen molar-refractivity contribution >= 4 is 33.5 Å². The van der Waals surface area contributed by atoms with Gasteiger partial charge >= 0.3 is 5.69 Å². The summed E-state index contributed by atoms with van der Waals surface area (Å²) in [6.07, 6.45) is 0. The quantitative estimate of drug-likeness (QED) is 0.600. The molecule has 0 aliphatic heterocycles. The lowest BCUT2D eigenvalue weighted by molar-refractivity contribution is -0.385. The van der Waals surface area contributed by atoms with Gasteiger partial charge in [0.15, 0.2) is 16.3 Å². The number of nitrogens with zero attached hydrogens (tertiary/aromatic N) is 1. The Morgan fingerprint density at radius 2 is 2.25 bits per heavy atom. The first-order valence-corrected chi connectivity index (χ1v) is 3.90. The Morgan fingerprint density at radius 1 is 1.58 bits per heavy atom. The maximum absolute atomic E-state index is 10.4. The van der Waals surface area contributed by atoms with Crippen molar-refractivity contribution in [2.75, 3.05) is 0 Å². The zero-order valence-electron chi connectivity index (χ0n) is 5.66. The molecule has 0 atom stereocenters. The number of hydrogen-bond acceptors (Lipinski definition) is 3. The Kier molecular flexibility index (Phi) is 2.88.